The van der Waals surface area contributed by atoms with Crippen molar-refractivity contribution >= 4 is 28.3 Å². The van der Waals surface area contributed by atoms with Gasteiger partial charge in [0, 0.05) is 23.6 Å². The standard InChI is InChI=1S/C15H10ClF2NO/c16-12-5-10(17)6-13(18)15(12)19-7-9-8-20-14-4-2-1-3-11(9)14/h1-6,8,19H,7H2. The van der Waals surface area contributed by atoms with Crippen LogP contribution in [0.5, 0.6) is 0 Å². The summed E-state index contributed by atoms with van der Waals surface area (Å²) in [5.41, 5.74) is 1.72. The molecule has 0 amide bonds. The largest absolute Gasteiger partial charge is 0.464 e. The van der Waals surface area contributed by atoms with Gasteiger partial charge in [-0.1, -0.05) is 29.8 Å². The predicted octanol–water partition coefficient (Wildman–Crippen LogP) is 4.98. The Bertz CT molecular complexity index is 746. The van der Waals surface area contributed by atoms with Gasteiger partial charge in [0.25, 0.3) is 0 Å². The highest BCUT2D eigenvalue weighted by atomic mass is 35.5. The van der Waals surface area contributed by atoms with Crippen LogP contribution in [0, 0.1) is 11.6 Å². The number of halogens is 3. The van der Waals surface area contributed by atoms with Crippen molar-refractivity contribution in [2.24, 2.45) is 0 Å². The van der Waals surface area contributed by atoms with Gasteiger partial charge in [-0.15, -0.1) is 0 Å². The van der Waals surface area contributed by atoms with E-state index in [9.17, 15) is 8.78 Å². The van der Waals surface area contributed by atoms with E-state index in [0.29, 0.717) is 6.54 Å². The molecule has 0 aliphatic carbocycles. The van der Waals surface area contributed by atoms with Crippen LogP contribution >= 0.6 is 11.6 Å². The van der Waals surface area contributed by atoms with Gasteiger partial charge in [0.05, 0.1) is 17.0 Å². The number of hydrogen-bond donors (Lipinski definition) is 1. The molecule has 0 saturated heterocycles. The Morgan fingerprint density at radius 1 is 1.15 bits per heavy atom. The lowest BCUT2D eigenvalue weighted by Crippen LogP contribution is -2.02. The molecule has 0 unspecified atom stereocenters. The lowest BCUT2D eigenvalue weighted by molar-refractivity contribution is 0.585. The van der Waals surface area contributed by atoms with Crippen molar-refractivity contribution in [3.8, 4) is 0 Å². The van der Waals surface area contributed by atoms with Crippen LogP contribution in [-0.2, 0) is 6.54 Å². The summed E-state index contributed by atoms with van der Waals surface area (Å²) in [5.74, 6) is -1.42. The average Bonchev–Trinajstić information content (AvgIpc) is 2.81. The first-order chi connectivity index (χ1) is 9.65. The first-order valence-electron chi connectivity index (χ1n) is 5.98. The Hall–Kier alpha value is -2.07. The Morgan fingerprint density at radius 3 is 2.75 bits per heavy atom. The minimum Gasteiger partial charge on any atom is -0.464 e. The topological polar surface area (TPSA) is 25.2 Å². The van der Waals surface area contributed by atoms with E-state index in [4.69, 9.17) is 16.0 Å². The summed E-state index contributed by atoms with van der Waals surface area (Å²) < 4.78 is 32.0. The van der Waals surface area contributed by atoms with Crippen molar-refractivity contribution in [3.05, 3.63) is 64.9 Å². The Balaban J connectivity index is 1.87. The first kappa shape index (κ1) is 12.9. The quantitative estimate of drug-likeness (QED) is 0.737. The summed E-state index contributed by atoms with van der Waals surface area (Å²) in [6, 6.07) is 9.40. The van der Waals surface area contributed by atoms with E-state index >= 15 is 0 Å². The number of hydrogen-bond acceptors (Lipinski definition) is 2. The third-order valence-electron chi connectivity index (χ3n) is 3.02. The first-order valence-corrected chi connectivity index (χ1v) is 6.36. The zero-order valence-corrected chi connectivity index (χ0v) is 11.0. The Labute approximate surface area is 119 Å². The van der Waals surface area contributed by atoms with E-state index in [-0.39, 0.29) is 10.7 Å². The van der Waals surface area contributed by atoms with Crippen LogP contribution in [0.4, 0.5) is 14.5 Å². The lowest BCUT2D eigenvalue weighted by Gasteiger charge is -2.09. The second-order valence-corrected chi connectivity index (χ2v) is 4.76. The van der Waals surface area contributed by atoms with Gasteiger partial charge in [-0.3, -0.25) is 0 Å². The van der Waals surface area contributed by atoms with E-state index < -0.39 is 11.6 Å². The molecule has 1 N–H and O–H groups in total. The van der Waals surface area contributed by atoms with Gasteiger partial charge in [-0.05, 0) is 12.1 Å². The maximum atomic E-state index is 13.6. The van der Waals surface area contributed by atoms with Crippen molar-refractivity contribution in [1.29, 1.82) is 0 Å². The maximum absolute atomic E-state index is 13.6. The van der Waals surface area contributed by atoms with Crippen molar-refractivity contribution in [3.63, 3.8) is 0 Å². The van der Waals surface area contributed by atoms with Gasteiger partial charge >= 0.3 is 0 Å². The molecule has 0 aliphatic rings. The van der Waals surface area contributed by atoms with Crippen LogP contribution in [0.2, 0.25) is 5.02 Å². The van der Waals surface area contributed by atoms with Gasteiger partial charge in [0.1, 0.15) is 11.4 Å². The molecular weight excluding hydrogens is 284 g/mol. The van der Waals surface area contributed by atoms with Crippen LogP contribution in [0.25, 0.3) is 11.0 Å². The molecule has 0 fully saturated rings. The van der Waals surface area contributed by atoms with E-state index in [0.717, 1.165) is 28.7 Å². The Kier molecular flexibility index (Phi) is 3.32. The minimum absolute atomic E-state index is 0.00954. The second kappa shape index (κ2) is 5.13. The van der Waals surface area contributed by atoms with E-state index in [1.807, 2.05) is 24.3 Å². The maximum Gasteiger partial charge on any atom is 0.150 e. The summed E-state index contributed by atoms with van der Waals surface area (Å²) >= 11 is 5.83. The molecule has 0 aliphatic heterocycles. The molecule has 3 rings (SSSR count). The highest BCUT2D eigenvalue weighted by Crippen LogP contribution is 2.28. The Morgan fingerprint density at radius 2 is 1.95 bits per heavy atom. The lowest BCUT2D eigenvalue weighted by atomic mass is 10.2. The fourth-order valence-corrected chi connectivity index (χ4v) is 2.33. The number of furan rings is 1. The van der Waals surface area contributed by atoms with Crippen LogP contribution in [-0.4, -0.2) is 0 Å². The van der Waals surface area contributed by atoms with Gasteiger partial charge in [0.2, 0.25) is 0 Å². The molecular formula is C15H10ClF2NO. The molecule has 5 heteroatoms. The molecule has 2 aromatic carbocycles. The average molecular weight is 294 g/mol. The number of nitrogens with one attached hydrogen (secondary N) is 1. The smallest absolute Gasteiger partial charge is 0.150 e. The van der Waals surface area contributed by atoms with E-state index in [2.05, 4.69) is 5.32 Å². The second-order valence-electron chi connectivity index (χ2n) is 4.36. The monoisotopic (exact) mass is 293 g/mol. The third kappa shape index (κ3) is 2.34. The van der Waals surface area contributed by atoms with E-state index in [1.54, 1.807) is 6.26 Å². The minimum atomic E-state index is -0.720. The molecule has 20 heavy (non-hydrogen) atoms. The van der Waals surface area contributed by atoms with Crippen molar-refractivity contribution in [2.75, 3.05) is 5.32 Å². The molecule has 0 bridgehead atoms. The number of fused-ring (bicyclic) bond motifs is 1. The van der Waals surface area contributed by atoms with Gasteiger partial charge in [-0.2, -0.15) is 0 Å². The SMILES string of the molecule is Fc1cc(F)c(NCc2coc3ccccc23)c(Cl)c1. The van der Waals surface area contributed by atoms with Crippen molar-refractivity contribution < 1.29 is 13.2 Å². The highest BCUT2D eigenvalue weighted by Gasteiger charge is 2.11. The molecule has 0 radical (unpaired) electrons. The van der Waals surface area contributed by atoms with Gasteiger partial charge in [0.15, 0.2) is 5.82 Å². The van der Waals surface area contributed by atoms with E-state index in [1.165, 1.54) is 0 Å². The number of benzene rings is 2. The summed E-state index contributed by atoms with van der Waals surface area (Å²) in [4.78, 5) is 0. The zero-order valence-electron chi connectivity index (χ0n) is 10.3. The van der Waals surface area contributed by atoms with Crippen LogP contribution in [0.15, 0.2) is 47.1 Å². The van der Waals surface area contributed by atoms with Gasteiger partial charge < -0.3 is 9.73 Å². The summed E-state index contributed by atoms with van der Waals surface area (Å²) in [6.45, 7) is 0.333. The molecule has 0 spiro atoms. The van der Waals surface area contributed by atoms with Crippen molar-refractivity contribution in [2.45, 2.75) is 6.54 Å². The molecule has 0 atom stereocenters. The molecule has 102 valence electrons. The number of anilines is 1. The molecule has 1 heterocycles. The van der Waals surface area contributed by atoms with Crippen LogP contribution < -0.4 is 5.32 Å². The summed E-state index contributed by atoms with van der Waals surface area (Å²) in [6.07, 6.45) is 1.60. The molecule has 2 nitrogen and oxygen atoms in total. The summed E-state index contributed by atoms with van der Waals surface area (Å²) in [7, 11) is 0. The van der Waals surface area contributed by atoms with Crippen LogP contribution in [0.3, 0.4) is 0 Å². The number of rotatable bonds is 3. The van der Waals surface area contributed by atoms with Crippen molar-refractivity contribution in [1.82, 2.24) is 0 Å². The molecule has 3 aromatic rings. The molecule has 1 aromatic heterocycles. The summed E-state index contributed by atoms with van der Waals surface area (Å²) in [5, 5.41) is 3.82. The zero-order chi connectivity index (χ0) is 14.1. The number of para-hydroxylation sites is 1. The fraction of sp³-hybridized carbons (Fsp3) is 0.0667. The highest BCUT2D eigenvalue weighted by molar-refractivity contribution is 6.33. The fourth-order valence-electron chi connectivity index (χ4n) is 2.06. The third-order valence-corrected chi connectivity index (χ3v) is 3.32. The normalized spacial score (nSPS) is 10.9. The van der Waals surface area contributed by atoms with Crippen LogP contribution in [0.1, 0.15) is 5.56 Å². The predicted molar refractivity (Wildman–Crippen MR) is 74.9 cm³/mol. The van der Waals surface area contributed by atoms with Gasteiger partial charge in [-0.25, -0.2) is 8.78 Å². The molecule has 0 saturated carbocycles.